The molecule has 4 heteroatoms. The highest BCUT2D eigenvalue weighted by Crippen LogP contribution is 2.44. The minimum atomic E-state index is 0.755. The van der Waals surface area contributed by atoms with E-state index in [1.165, 1.54) is 53.4 Å². The largest absolute Gasteiger partial charge is 0.302 e. The number of benzene rings is 1. The lowest BCUT2D eigenvalue weighted by Gasteiger charge is -2.47. The number of hydrogen-bond acceptors (Lipinski definition) is 4. The third-order valence-electron chi connectivity index (χ3n) is 5.41. The smallest absolute Gasteiger partial charge is 0.0366 e. The number of piperidine rings is 3. The molecule has 4 aliphatic heterocycles. The molecule has 0 N–H and O–H groups in total. The van der Waals surface area contributed by atoms with Crippen molar-refractivity contribution >= 4 is 23.3 Å². The van der Waals surface area contributed by atoms with Gasteiger partial charge in [-0.1, -0.05) is 18.2 Å². The highest BCUT2D eigenvalue weighted by molar-refractivity contribution is 7.97. The zero-order valence-corrected chi connectivity index (χ0v) is 14.2. The van der Waals surface area contributed by atoms with Crippen LogP contribution in [0.1, 0.15) is 18.4 Å². The van der Waals surface area contributed by atoms with E-state index in [-0.39, 0.29) is 0 Å². The van der Waals surface area contributed by atoms with Crippen LogP contribution in [-0.2, 0) is 6.54 Å². The fraction of sp³-hybridized carbons (Fsp3) is 0.444. The van der Waals surface area contributed by atoms with E-state index in [0.717, 1.165) is 18.5 Å². The first-order valence-electron chi connectivity index (χ1n) is 8.20. The summed E-state index contributed by atoms with van der Waals surface area (Å²) in [5.74, 6) is 0.920. The first-order valence-corrected chi connectivity index (χ1v) is 9.86. The number of hydrogen-bond donors (Lipinski definition) is 0. The second-order valence-corrected chi connectivity index (χ2v) is 8.71. The lowest BCUT2D eigenvalue weighted by molar-refractivity contribution is 0.0420. The molecule has 4 aliphatic rings. The van der Waals surface area contributed by atoms with Gasteiger partial charge in [-0.05, 0) is 72.4 Å². The summed E-state index contributed by atoms with van der Waals surface area (Å²) >= 11 is 3.84. The fourth-order valence-electron chi connectivity index (χ4n) is 4.14. The highest BCUT2D eigenvalue weighted by Gasteiger charge is 2.39. The number of rotatable bonds is 2. The average molecular weight is 329 g/mol. The van der Waals surface area contributed by atoms with Gasteiger partial charge in [0.1, 0.15) is 0 Å². The molecule has 0 aliphatic carbocycles. The van der Waals surface area contributed by atoms with Gasteiger partial charge in [-0.25, -0.2) is 4.31 Å². The van der Waals surface area contributed by atoms with Crippen LogP contribution in [0.2, 0.25) is 0 Å². The lowest BCUT2D eigenvalue weighted by Crippen LogP contribution is -2.54. The highest BCUT2D eigenvalue weighted by atomic mass is 32.2. The van der Waals surface area contributed by atoms with Crippen LogP contribution in [-0.4, -0.2) is 34.9 Å². The maximum atomic E-state index is 2.67. The zero-order chi connectivity index (χ0) is 14.5. The van der Waals surface area contributed by atoms with E-state index in [4.69, 9.17) is 0 Å². The maximum absolute atomic E-state index is 2.67. The molecule has 22 heavy (non-hydrogen) atoms. The number of fused-ring (bicyclic) bond motifs is 4. The summed E-state index contributed by atoms with van der Waals surface area (Å²) in [4.78, 5) is 5.51. The topological polar surface area (TPSA) is 6.48 Å². The summed E-state index contributed by atoms with van der Waals surface area (Å²) in [6, 6.07) is 12.2. The Morgan fingerprint density at radius 1 is 1.09 bits per heavy atom. The van der Waals surface area contributed by atoms with E-state index in [0.29, 0.717) is 0 Å². The van der Waals surface area contributed by atoms with E-state index < -0.39 is 0 Å². The van der Waals surface area contributed by atoms with E-state index >= 15 is 0 Å². The van der Waals surface area contributed by atoms with Crippen molar-refractivity contribution < 1.29 is 0 Å². The molecule has 0 spiro atoms. The van der Waals surface area contributed by atoms with Gasteiger partial charge in [-0.2, -0.15) is 0 Å². The molecule has 6 rings (SSSR count). The molecule has 114 valence electrons. The predicted molar refractivity (Wildman–Crippen MR) is 94.1 cm³/mol. The summed E-state index contributed by atoms with van der Waals surface area (Å²) < 4.78 is 2.67. The van der Waals surface area contributed by atoms with Crippen LogP contribution in [0.15, 0.2) is 40.6 Å². The van der Waals surface area contributed by atoms with Gasteiger partial charge in [-0.15, -0.1) is 11.3 Å². The molecule has 0 unspecified atom stereocenters. The van der Waals surface area contributed by atoms with Crippen molar-refractivity contribution in [1.82, 2.24) is 9.21 Å². The van der Waals surface area contributed by atoms with Crippen LogP contribution in [0.4, 0.5) is 0 Å². The van der Waals surface area contributed by atoms with E-state index in [1.807, 2.05) is 23.3 Å². The Morgan fingerprint density at radius 3 is 2.73 bits per heavy atom. The van der Waals surface area contributed by atoms with Gasteiger partial charge in [0.15, 0.2) is 0 Å². The van der Waals surface area contributed by atoms with Gasteiger partial charge < -0.3 is 4.90 Å². The van der Waals surface area contributed by atoms with E-state index in [2.05, 4.69) is 44.9 Å². The zero-order valence-electron chi connectivity index (χ0n) is 12.6. The van der Waals surface area contributed by atoms with Crippen molar-refractivity contribution in [2.24, 2.45) is 5.92 Å². The van der Waals surface area contributed by atoms with E-state index in [9.17, 15) is 0 Å². The van der Waals surface area contributed by atoms with Gasteiger partial charge in [0.2, 0.25) is 0 Å². The normalized spacial score (nSPS) is 30.6. The first kappa shape index (κ1) is 13.6. The van der Waals surface area contributed by atoms with Gasteiger partial charge in [0, 0.05) is 28.9 Å². The Bertz CT molecular complexity index is 674. The van der Waals surface area contributed by atoms with E-state index in [1.54, 1.807) is 0 Å². The van der Waals surface area contributed by atoms with Gasteiger partial charge in [0.25, 0.3) is 0 Å². The number of thiophene rings is 1. The monoisotopic (exact) mass is 328 g/mol. The van der Waals surface area contributed by atoms with Gasteiger partial charge in [0.05, 0.1) is 0 Å². The molecule has 1 aromatic heterocycles. The SMILES string of the molecule is c1csc(-c2ccc3c(c2)SN([C@H]2CN4CCC2CC4)C3)c1. The van der Waals surface area contributed by atoms with Gasteiger partial charge >= 0.3 is 0 Å². The fourth-order valence-corrected chi connectivity index (χ4v) is 6.12. The van der Waals surface area contributed by atoms with Gasteiger partial charge in [-0.3, -0.25) is 0 Å². The molecule has 0 radical (unpaired) electrons. The van der Waals surface area contributed by atoms with Crippen molar-refractivity contribution in [3.05, 3.63) is 41.3 Å². The van der Waals surface area contributed by atoms with Crippen LogP contribution in [0.25, 0.3) is 10.4 Å². The quantitative estimate of drug-likeness (QED) is 0.758. The molecule has 0 amide bonds. The summed E-state index contributed by atoms with van der Waals surface area (Å²) in [5, 5.41) is 2.16. The summed E-state index contributed by atoms with van der Waals surface area (Å²) in [5.41, 5.74) is 2.89. The van der Waals surface area contributed by atoms with Crippen LogP contribution >= 0.6 is 23.3 Å². The Balaban J connectivity index is 1.39. The molecule has 0 saturated carbocycles. The predicted octanol–water partition coefficient (Wildman–Crippen LogP) is 4.33. The van der Waals surface area contributed by atoms with Crippen LogP contribution in [0.3, 0.4) is 0 Å². The minimum absolute atomic E-state index is 0.755. The van der Waals surface area contributed by atoms with Crippen LogP contribution in [0, 0.1) is 5.92 Å². The van der Waals surface area contributed by atoms with Crippen molar-refractivity contribution in [2.45, 2.75) is 30.3 Å². The maximum Gasteiger partial charge on any atom is 0.0366 e. The number of nitrogens with zero attached hydrogens (tertiary/aromatic N) is 2. The summed E-state index contributed by atoms with van der Waals surface area (Å²) in [7, 11) is 0. The Labute approximate surface area is 140 Å². The van der Waals surface area contributed by atoms with Crippen LogP contribution in [0.5, 0.6) is 0 Å². The van der Waals surface area contributed by atoms with Crippen molar-refractivity contribution in [2.75, 3.05) is 19.6 Å². The molecule has 5 heterocycles. The van der Waals surface area contributed by atoms with Crippen molar-refractivity contribution in [3.8, 4) is 10.4 Å². The molecule has 2 nitrogen and oxygen atoms in total. The first-order chi connectivity index (χ1) is 10.9. The average Bonchev–Trinajstić information content (AvgIpc) is 3.24. The minimum Gasteiger partial charge on any atom is -0.302 e. The van der Waals surface area contributed by atoms with Crippen LogP contribution < -0.4 is 0 Å². The molecule has 3 fully saturated rings. The molecule has 2 aromatic rings. The summed E-state index contributed by atoms with van der Waals surface area (Å²) in [6.07, 6.45) is 2.80. The van der Waals surface area contributed by atoms with Crippen molar-refractivity contribution in [1.29, 1.82) is 0 Å². The molecule has 3 saturated heterocycles. The molecule has 1 atom stereocenters. The van der Waals surface area contributed by atoms with Crippen molar-refractivity contribution in [3.63, 3.8) is 0 Å². The molecular formula is C18H20N2S2. The second kappa shape index (κ2) is 5.38. The standard InChI is InChI=1S/C18H20N2S2/c1-2-17(21-9-1)14-3-4-15-11-20(22-18(15)10-14)16-12-19-7-5-13(16)6-8-19/h1-4,9-10,13,16H,5-8,11-12H2/t16-/m0/s1. The molecule has 1 aromatic carbocycles. The third-order valence-corrected chi connectivity index (χ3v) is 7.54. The second-order valence-electron chi connectivity index (χ2n) is 6.67. The lowest BCUT2D eigenvalue weighted by atomic mass is 9.84. The summed E-state index contributed by atoms with van der Waals surface area (Å²) in [6.45, 7) is 5.06. The molecule has 2 bridgehead atoms. The Hall–Kier alpha value is -0.810. The Kier molecular flexibility index (Phi) is 3.33. The third kappa shape index (κ3) is 2.24. The Morgan fingerprint density at radius 2 is 2.00 bits per heavy atom. The molecular weight excluding hydrogens is 308 g/mol.